The molecule has 0 bridgehead atoms. The molecule has 98 valence electrons. The minimum atomic E-state index is -3.46. The van der Waals surface area contributed by atoms with Crippen molar-refractivity contribution in [1.82, 2.24) is 0 Å². The second-order valence-corrected chi connectivity index (χ2v) is 6.50. The third-order valence-electron chi connectivity index (χ3n) is 3.19. The number of nitrogens with zero attached hydrogens (tertiary/aromatic N) is 1. The van der Waals surface area contributed by atoms with Crippen LogP contribution >= 0.6 is 0 Å². The van der Waals surface area contributed by atoms with Crippen LogP contribution in [0.5, 0.6) is 0 Å². The maximum Gasteiger partial charge on any atom is 0.264 e. The van der Waals surface area contributed by atoms with Crippen LogP contribution in [0, 0.1) is 0 Å². The third-order valence-corrected chi connectivity index (χ3v) is 5.08. The summed E-state index contributed by atoms with van der Waals surface area (Å²) in [6, 6.07) is 18.0. The molecule has 0 saturated heterocycles. The minimum Gasteiger partial charge on any atom is -0.263 e. The Hall–Kier alpha value is -1.81. The van der Waals surface area contributed by atoms with Crippen LogP contribution in [0.25, 0.3) is 0 Å². The molecule has 0 spiro atoms. The molecular formula is C15H15NO2S. The van der Waals surface area contributed by atoms with Crippen molar-refractivity contribution < 1.29 is 8.42 Å². The monoisotopic (exact) mass is 273 g/mol. The van der Waals surface area contributed by atoms with Gasteiger partial charge in [-0.15, -0.1) is 0 Å². The quantitative estimate of drug-likeness (QED) is 0.858. The second-order valence-electron chi connectivity index (χ2n) is 4.68. The largest absolute Gasteiger partial charge is 0.264 e. The third kappa shape index (κ3) is 2.36. The van der Waals surface area contributed by atoms with E-state index in [0.717, 1.165) is 18.5 Å². The summed E-state index contributed by atoms with van der Waals surface area (Å²) in [6.07, 6.45) is 1.86. The molecule has 0 amide bonds. The van der Waals surface area contributed by atoms with Crippen molar-refractivity contribution >= 4 is 15.7 Å². The first-order chi connectivity index (χ1) is 9.19. The Bertz CT molecular complexity index is 649. The van der Waals surface area contributed by atoms with Gasteiger partial charge in [0.05, 0.1) is 10.6 Å². The first-order valence-electron chi connectivity index (χ1n) is 6.34. The lowest BCUT2D eigenvalue weighted by atomic mass is 10.3. The summed E-state index contributed by atoms with van der Waals surface area (Å²) >= 11 is 0. The molecule has 3 rings (SSSR count). The Morgan fingerprint density at radius 1 is 0.842 bits per heavy atom. The van der Waals surface area contributed by atoms with Gasteiger partial charge in [0.2, 0.25) is 0 Å². The zero-order valence-corrected chi connectivity index (χ0v) is 11.3. The van der Waals surface area contributed by atoms with E-state index in [-0.39, 0.29) is 6.04 Å². The van der Waals surface area contributed by atoms with Crippen LogP contribution in [0.4, 0.5) is 5.69 Å². The van der Waals surface area contributed by atoms with Crippen molar-refractivity contribution in [2.45, 2.75) is 23.8 Å². The molecule has 1 aliphatic rings. The summed E-state index contributed by atoms with van der Waals surface area (Å²) in [7, 11) is -3.46. The molecule has 0 radical (unpaired) electrons. The number of hydrogen-bond acceptors (Lipinski definition) is 2. The van der Waals surface area contributed by atoms with Crippen molar-refractivity contribution in [3.63, 3.8) is 0 Å². The first kappa shape index (κ1) is 12.2. The van der Waals surface area contributed by atoms with Crippen LogP contribution in [0.2, 0.25) is 0 Å². The molecule has 1 saturated carbocycles. The van der Waals surface area contributed by atoms with E-state index in [4.69, 9.17) is 0 Å². The van der Waals surface area contributed by atoms with Gasteiger partial charge in [0.1, 0.15) is 0 Å². The predicted octanol–water partition coefficient (Wildman–Crippen LogP) is 3.04. The van der Waals surface area contributed by atoms with E-state index in [9.17, 15) is 8.42 Å². The number of para-hydroxylation sites is 1. The summed E-state index contributed by atoms with van der Waals surface area (Å²) in [6.45, 7) is 0. The molecule has 3 nitrogen and oxygen atoms in total. The lowest BCUT2D eigenvalue weighted by Gasteiger charge is -2.24. The normalized spacial score (nSPS) is 15.2. The number of anilines is 1. The van der Waals surface area contributed by atoms with Gasteiger partial charge in [-0.1, -0.05) is 36.4 Å². The van der Waals surface area contributed by atoms with Crippen LogP contribution in [0.3, 0.4) is 0 Å². The van der Waals surface area contributed by atoms with Gasteiger partial charge in [-0.25, -0.2) is 8.42 Å². The Balaban J connectivity index is 2.06. The number of benzene rings is 2. The fourth-order valence-electron chi connectivity index (χ4n) is 2.14. The summed E-state index contributed by atoms with van der Waals surface area (Å²) in [5.41, 5.74) is 0.744. The number of rotatable bonds is 4. The molecule has 2 aromatic rings. The molecule has 0 heterocycles. The van der Waals surface area contributed by atoms with E-state index in [0.29, 0.717) is 4.90 Å². The molecule has 0 atom stereocenters. The summed E-state index contributed by atoms with van der Waals surface area (Å²) < 4.78 is 27.0. The van der Waals surface area contributed by atoms with Gasteiger partial charge in [-0.2, -0.15) is 0 Å². The summed E-state index contributed by atoms with van der Waals surface area (Å²) in [4.78, 5) is 0.353. The van der Waals surface area contributed by atoms with Crippen molar-refractivity contribution in [3.05, 3.63) is 60.7 Å². The van der Waals surface area contributed by atoms with Crippen LogP contribution in [0.15, 0.2) is 65.6 Å². The van der Waals surface area contributed by atoms with Crippen LogP contribution in [0.1, 0.15) is 12.8 Å². The summed E-state index contributed by atoms with van der Waals surface area (Å²) in [5, 5.41) is 0. The van der Waals surface area contributed by atoms with E-state index in [1.807, 2.05) is 36.4 Å². The Morgan fingerprint density at radius 3 is 1.89 bits per heavy atom. The van der Waals surface area contributed by atoms with Gasteiger partial charge in [0, 0.05) is 6.04 Å². The van der Waals surface area contributed by atoms with Crippen molar-refractivity contribution in [2.75, 3.05) is 4.31 Å². The topological polar surface area (TPSA) is 37.4 Å². The fourth-order valence-corrected chi connectivity index (χ4v) is 3.87. The maximum atomic E-state index is 12.7. The van der Waals surface area contributed by atoms with E-state index < -0.39 is 10.0 Å². The summed E-state index contributed by atoms with van der Waals surface area (Å²) in [5.74, 6) is 0. The van der Waals surface area contributed by atoms with Crippen LogP contribution in [-0.2, 0) is 10.0 Å². The molecule has 1 aliphatic carbocycles. The Morgan fingerprint density at radius 2 is 1.37 bits per heavy atom. The van der Waals surface area contributed by atoms with Gasteiger partial charge in [0.15, 0.2) is 0 Å². The highest BCUT2D eigenvalue weighted by Crippen LogP contribution is 2.36. The molecule has 0 unspecified atom stereocenters. The predicted molar refractivity (Wildman–Crippen MR) is 75.6 cm³/mol. The Kier molecular flexibility index (Phi) is 3.03. The van der Waals surface area contributed by atoms with Crippen LogP contribution in [-0.4, -0.2) is 14.5 Å². The number of hydrogen-bond donors (Lipinski definition) is 0. The van der Waals surface area contributed by atoms with Gasteiger partial charge < -0.3 is 0 Å². The Labute approximate surface area is 113 Å². The zero-order chi connectivity index (χ0) is 13.3. The van der Waals surface area contributed by atoms with E-state index in [2.05, 4.69) is 0 Å². The standard InChI is InChI=1S/C15H15NO2S/c17-19(18,15-9-5-2-6-10-15)16(14-11-12-14)13-7-3-1-4-8-13/h1-10,14H,11-12H2. The first-order valence-corrected chi connectivity index (χ1v) is 7.78. The molecule has 4 heteroatoms. The van der Waals surface area contributed by atoms with E-state index >= 15 is 0 Å². The van der Waals surface area contributed by atoms with Gasteiger partial charge >= 0.3 is 0 Å². The lowest BCUT2D eigenvalue weighted by Crippen LogP contribution is -2.33. The molecule has 0 aromatic heterocycles. The SMILES string of the molecule is O=S(=O)(c1ccccc1)N(c1ccccc1)C1CC1. The van der Waals surface area contributed by atoms with Gasteiger partial charge in [0.25, 0.3) is 10.0 Å². The lowest BCUT2D eigenvalue weighted by molar-refractivity contribution is 0.590. The molecular weight excluding hydrogens is 258 g/mol. The van der Waals surface area contributed by atoms with Crippen molar-refractivity contribution in [1.29, 1.82) is 0 Å². The van der Waals surface area contributed by atoms with Gasteiger partial charge in [-0.3, -0.25) is 4.31 Å². The van der Waals surface area contributed by atoms with Crippen molar-refractivity contribution in [3.8, 4) is 0 Å². The highest BCUT2D eigenvalue weighted by Gasteiger charge is 2.38. The molecule has 0 aliphatic heterocycles. The molecule has 0 N–H and O–H groups in total. The van der Waals surface area contributed by atoms with E-state index in [1.54, 1.807) is 28.6 Å². The second kappa shape index (κ2) is 4.70. The fraction of sp³-hybridized carbons (Fsp3) is 0.200. The van der Waals surface area contributed by atoms with Crippen LogP contribution < -0.4 is 4.31 Å². The van der Waals surface area contributed by atoms with E-state index in [1.165, 1.54) is 0 Å². The van der Waals surface area contributed by atoms with Crippen molar-refractivity contribution in [2.24, 2.45) is 0 Å². The zero-order valence-electron chi connectivity index (χ0n) is 10.4. The molecule has 2 aromatic carbocycles. The average molecular weight is 273 g/mol. The molecule has 19 heavy (non-hydrogen) atoms. The molecule has 1 fully saturated rings. The maximum absolute atomic E-state index is 12.7. The average Bonchev–Trinajstić information content (AvgIpc) is 3.25. The highest BCUT2D eigenvalue weighted by molar-refractivity contribution is 7.92. The minimum absolute atomic E-state index is 0.104. The number of sulfonamides is 1. The highest BCUT2D eigenvalue weighted by atomic mass is 32.2. The smallest absolute Gasteiger partial charge is 0.263 e. The van der Waals surface area contributed by atoms with Gasteiger partial charge in [-0.05, 0) is 37.1 Å².